The number of ether oxygens (including phenoxy) is 3. The summed E-state index contributed by atoms with van der Waals surface area (Å²) in [4.78, 5) is 15.1. The second kappa shape index (κ2) is 9.50. The third kappa shape index (κ3) is 4.49. The van der Waals surface area contributed by atoms with E-state index in [4.69, 9.17) is 14.2 Å². The molecule has 0 radical (unpaired) electrons. The number of likely N-dealkylation sites (N-methyl/N-ethyl adjacent to an activating group) is 1. The monoisotopic (exact) mass is 408 g/mol. The summed E-state index contributed by atoms with van der Waals surface area (Å²) >= 11 is 0. The molecule has 0 heterocycles. The fraction of sp³-hybridized carbons (Fsp3) is 0.292. The molecule has 6 nitrogen and oxygen atoms in total. The van der Waals surface area contributed by atoms with Crippen molar-refractivity contribution in [2.24, 2.45) is 0 Å². The summed E-state index contributed by atoms with van der Waals surface area (Å²) in [6.45, 7) is 0.428. The molecule has 1 atom stereocenters. The van der Waals surface area contributed by atoms with Gasteiger partial charge in [-0.25, -0.2) is 0 Å². The zero-order valence-corrected chi connectivity index (χ0v) is 18.1. The summed E-state index contributed by atoms with van der Waals surface area (Å²) in [5.74, 6) is 1.71. The Morgan fingerprint density at radius 1 is 0.867 bits per heavy atom. The molecule has 6 heteroatoms. The second-order valence-electron chi connectivity index (χ2n) is 7.20. The van der Waals surface area contributed by atoms with Crippen molar-refractivity contribution in [2.45, 2.75) is 6.04 Å². The fourth-order valence-electron chi connectivity index (χ4n) is 3.51. The minimum Gasteiger partial charge on any atom is -0.496 e. The number of carbonyl (C=O) groups is 1. The van der Waals surface area contributed by atoms with Crippen LogP contribution in [0.4, 0.5) is 0 Å². The van der Waals surface area contributed by atoms with E-state index < -0.39 is 0 Å². The standard InChI is InChI=1S/C24H28N2O4/c1-26(2)20(18-10-11-21(28-3)23(14-18)30-5)15-25-24(27)19-12-16-8-6-7-9-17(16)13-22(19)29-4/h6-14,20H,15H2,1-5H3,(H,25,27)/t20-/m1/s1. The smallest absolute Gasteiger partial charge is 0.255 e. The molecule has 0 bridgehead atoms. The zero-order valence-electron chi connectivity index (χ0n) is 18.1. The Labute approximate surface area is 177 Å². The van der Waals surface area contributed by atoms with Gasteiger partial charge < -0.3 is 24.4 Å². The van der Waals surface area contributed by atoms with E-state index in [1.807, 2.05) is 68.7 Å². The molecule has 3 aromatic carbocycles. The molecule has 0 spiro atoms. The van der Waals surface area contributed by atoms with Crippen molar-refractivity contribution in [3.8, 4) is 17.2 Å². The lowest BCUT2D eigenvalue weighted by molar-refractivity contribution is 0.0939. The quantitative estimate of drug-likeness (QED) is 0.613. The van der Waals surface area contributed by atoms with Crippen LogP contribution in [0.15, 0.2) is 54.6 Å². The van der Waals surface area contributed by atoms with E-state index >= 15 is 0 Å². The van der Waals surface area contributed by atoms with Crippen LogP contribution in [0.5, 0.6) is 17.2 Å². The summed E-state index contributed by atoms with van der Waals surface area (Å²) in [5, 5.41) is 5.07. The Kier molecular flexibility index (Phi) is 6.79. The van der Waals surface area contributed by atoms with Crippen molar-refractivity contribution in [1.29, 1.82) is 0 Å². The normalized spacial score (nSPS) is 11.9. The van der Waals surface area contributed by atoms with E-state index in [-0.39, 0.29) is 11.9 Å². The van der Waals surface area contributed by atoms with Crippen molar-refractivity contribution < 1.29 is 19.0 Å². The molecular weight excluding hydrogens is 380 g/mol. The number of fused-ring (bicyclic) bond motifs is 1. The molecule has 0 aliphatic rings. The van der Waals surface area contributed by atoms with Gasteiger partial charge in [0.2, 0.25) is 0 Å². The number of benzene rings is 3. The number of nitrogens with one attached hydrogen (secondary N) is 1. The highest BCUT2D eigenvalue weighted by Crippen LogP contribution is 2.31. The van der Waals surface area contributed by atoms with Crippen LogP contribution in [0.1, 0.15) is 22.0 Å². The Morgan fingerprint density at radius 2 is 1.50 bits per heavy atom. The van der Waals surface area contributed by atoms with E-state index in [9.17, 15) is 4.79 Å². The number of hydrogen-bond donors (Lipinski definition) is 1. The number of nitrogens with zero attached hydrogens (tertiary/aromatic N) is 1. The van der Waals surface area contributed by atoms with Crippen LogP contribution in [-0.4, -0.2) is 52.8 Å². The highest BCUT2D eigenvalue weighted by atomic mass is 16.5. The minimum atomic E-state index is -0.176. The zero-order chi connectivity index (χ0) is 21.7. The number of hydrogen-bond acceptors (Lipinski definition) is 5. The van der Waals surface area contributed by atoms with Gasteiger partial charge in [0.05, 0.1) is 32.9 Å². The van der Waals surface area contributed by atoms with E-state index in [1.54, 1.807) is 21.3 Å². The van der Waals surface area contributed by atoms with E-state index in [1.165, 1.54) is 0 Å². The van der Waals surface area contributed by atoms with Gasteiger partial charge in [-0.2, -0.15) is 0 Å². The first-order valence-corrected chi connectivity index (χ1v) is 9.71. The lowest BCUT2D eigenvalue weighted by Gasteiger charge is -2.26. The fourth-order valence-corrected chi connectivity index (χ4v) is 3.51. The SMILES string of the molecule is COc1ccc([C@@H](CNC(=O)c2cc3ccccc3cc2OC)N(C)C)cc1OC. The van der Waals surface area contributed by atoms with Gasteiger partial charge in [0.25, 0.3) is 5.91 Å². The molecule has 1 amide bonds. The summed E-state index contributed by atoms with van der Waals surface area (Å²) in [7, 11) is 8.75. The van der Waals surface area contributed by atoms with Crippen molar-refractivity contribution in [2.75, 3.05) is 42.0 Å². The first kappa shape index (κ1) is 21.5. The maximum atomic E-state index is 13.0. The molecule has 0 saturated carbocycles. The predicted molar refractivity (Wildman–Crippen MR) is 119 cm³/mol. The topological polar surface area (TPSA) is 60.0 Å². The average Bonchev–Trinajstić information content (AvgIpc) is 2.77. The Hall–Kier alpha value is -3.25. The van der Waals surface area contributed by atoms with Crippen molar-refractivity contribution in [1.82, 2.24) is 10.2 Å². The van der Waals surface area contributed by atoms with Gasteiger partial charge in [-0.05, 0) is 54.7 Å². The molecule has 1 N–H and O–H groups in total. The number of carbonyl (C=O) groups excluding carboxylic acids is 1. The maximum Gasteiger partial charge on any atom is 0.255 e. The van der Waals surface area contributed by atoms with Crippen molar-refractivity contribution in [3.63, 3.8) is 0 Å². The van der Waals surface area contributed by atoms with Crippen LogP contribution in [0.2, 0.25) is 0 Å². The Bertz CT molecular complexity index is 1030. The molecular formula is C24H28N2O4. The van der Waals surface area contributed by atoms with Gasteiger partial charge in [-0.1, -0.05) is 30.3 Å². The molecule has 3 rings (SSSR count). The molecule has 0 saturated heterocycles. The lowest BCUT2D eigenvalue weighted by Crippen LogP contribution is -2.34. The second-order valence-corrected chi connectivity index (χ2v) is 7.20. The third-order valence-electron chi connectivity index (χ3n) is 5.18. The van der Waals surface area contributed by atoms with Crippen molar-refractivity contribution in [3.05, 3.63) is 65.7 Å². The molecule has 3 aromatic rings. The van der Waals surface area contributed by atoms with Gasteiger partial charge in [0, 0.05) is 6.54 Å². The molecule has 0 fully saturated rings. The molecule has 0 aromatic heterocycles. The molecule has 30 heavy (non-hydrogen) atoms. The van der Waals surface area contributed by atoms with Crippen LogP contribution >= 0.6 is 0 Å². The van der Waals surface area contributed by atoms with Gasteiger partial charge in [-0.15, -0.1) is 0 Å². The van der Waals surface area contributed by atoms with E-state index in [0.29, 0.717) is 29.4 Å². The van der Waals surface area contributed by atoms with E-state index in [0.717, 1.165) is 16.3 Å². The first-order chi connectivity index (χ1) is 14.5. The molecule has 0 aliphatic heterocycles. The number of methoxy groups -OCH3 is 3. The Balaban J connectivity index is 1.83. The first-order valence-electron chi connectivity index (χ1n) is 9.71. The van der Waals surface area contributed by atoms with Gasteiger partial charge in [0.1, 0.15) is 5.75 Å². The summed E-state index contributed by atoms with van der Waals surface area (Å²) in [6, 6.07) is 17.4. The Morgan fingerprint density at radius 3 is 2.10 bits per heavy atom. The highest BCUT2D eigenvalue weighted by molar-refractivity contribution is 6.01. The molecule has 0 unspecified atom stereocenters. The van der Waals surface area contributed by atoms with Crippen LogP contribution in [0.3, 0.4) is 0 Å². The van der Waals surface area contributed by atoms with Crippen molar-refractivity contribution >= 4 is 16.7 Å². The number of rotatable bonds is 8. The summed E-state index contributed by atoms with van der Waals surface area (Å²) in [5.41, 5.74) is 1.53. The highest BCUT2D eigenvalue weighted by Gasteiger charge is 2.20. The molecule has 0 aliphatic carbocycles. The van der Waals surface area contributed by atoms with Gasteiger partial charge >= 0.3 is 0 Å². The minimum absolute atomic E-state index is 0.0415. The van der Waals surface area contributed by atoms with Gasteiger partial charge in [-0.3, -0.25) is 4.79 Å². The van der Waals surface area contributed by atoms with E-state index in [2.05, 4.69) is 10.2 Å². The average molecular weight is 408 g/mol. The lowest BCUT2D eigenvalue weighted by atomic mass is 10.0. The number of amides is 1. The largest absolute Gasteiger partial charge is 0.496 e. The van der Waals surface area contributed by atoms with Crippen LogP contribution in [0.25, 0.3) is 10.8 Å². The third-order valence-corrected chi connectivity index (χ3v) is 5.18. The van der Waals surface area contributed by atoms with Crippen LogP contribution < -0.4 is 19.5 Å². The summed E-state index contributed by atoms with van der Waals surface area (Å²) < 4.78 is 16.2. The van der Waals surface area contributed by atoms with Gasteiger partial charge in [0.15, 0.2) is 11.5 Å². The van der Waals surface area contributed by atoms with Crippen LogP contribution in [0, 0.1) is 0 Å². The maximum absolute atomic E-state index is 13.0. The van der Waals surface area contributed by atoms with Crippen LogP contribution in [-0.2, 0) is 0 Å². The summed E-state index contributed by atoms with van der Waals surface area (Å²) in [6.07, 6.45) is 0. The predicted octanol–water partition coefficient (Wildman–Crippen LogP) is 3.90. The molecule has 158 valence electrons.